The second-order valence-corrected chi connectivity index (χ2v) is 4.33. The highest BCUT2D eigenvalue weighted by Gasteiger charge is 2.06. The van der Waals surface area contributed by atoms with Gasteiger partial charge >= 0.3 is 0 Å². The number of halogens is 1. The van der Waals surface area contributed by atoms with Gasteiger partial charge in [-0.1, -0.05) is 11.3 Å². The van der Waals surface area contributed by atoms with E-state index in [4.69, 9.17) is 0 Å². The first-order valence-corrected chi connectivity index (χ1v) is 5.62. The van der Waals surface area contributed by atoms with Gasteiger partial charge in [0.15, 0.2) is 0 Å². The Kier molecular flexibility index (Phi) is 2.15. The Balaban J connectivity index is 2.15. The minimum absolute atomic E-state index is 0.233. The van der Waals surface area contributed by atoms with E-state index in [1.807, 2.05) is 12.1 Å². The van der Waals surface area contributed by atoms with Crippen molar-refractivity contribution in [3.05, 3.63) is 48.4 Å². The van der Waals surface area contributed by atoms with E-state index in [9.17, 15) is 4.39 Å². The SMILES string of the molecule is Fc1ccc(-c2nc3cccnc3s2)cc1. The Bertz CT molecular complexity index is 598. The van der Waals surface area contributed by atoms with Crippen LogP contribution >= 0.6 is 11.3 Å². The van der Waals surface area contributed by atoms with Crippen LogP contribution in [-0.4, -0.2) is 9.97 Å². The molecular weight excluding hydrogens is 223 g/mol. The number of benzene rings is 1. The molecule has 0 aliphatic carbocycles. The summed E-state index contributed by atoms with van der Waals surface area (Å²) in [7, 11) is 0. The van der Waals surface area contributed by atoms with Gasteiger partial charge in [0, 0.05) is 11.8 Å². The summed E-state index contributed by atoms with van der Waals surface area (Å²) in [6, 6.07) is 10.1. The molecule has 0 unspecified atom stereocenters. The molecule has 16 heavy (non-hydrogen) atoms. The van der Waals surface area contributed by atoms with E-state index in [-0.39, 0.29) is 5.82 Å². The molecule has 0 atom stereocenters. The molecule has 0 amide bonds. The summed E-state index contributed by atoms with van der Waals surface area (Å²) < 4.78 is 12.8. The largest absolute Gasteiger partial charge is 0.244 e. The van der Waals surface area contributed by atoms with Gasteiger partial charge in [-0.15, -0.1) is 0 Å². The van der Waals surface area contributed by atoms with Crippen LogP contribution in [0.5, 0.6) is 0 Å². The summed E-state index contributed by atoms with van der Waals surface area (Å²) in [5.74, 6) is -0.233. The molecule has 0 bridgehead atoms. The van der Waals surface area contributed by atoms with Gasteiger partial charge in [-0.3, -0.25) is 0 Å². The lowest BCUT2D eigenvalue weighted by Gasteiger charge is -1.93. The summed E-state index contributed by atoms with van der Waals surface area (Å²) in [6.07, 6.45) is 1.74. The van der Waals surface area contributed by atoms with E-state index in [1.54, 1.807) is 18.3 Å². The van der Waals surface area contributed by atoms with E-state index < -0.39 is 0 Å². The Morgan fingerprint density at radius 1 is 1.06 bits per heavy atom. The lowest BCUT2D eigenvalue weighted by Crippen LogP contribution is -1.76. The van der Waals surface area contributed by atoms with Crippen molar-refractivity contribution >= 4 is 21.7 Å². The van der Waals surface area contributed by atoms with Crippen molar-refractivity contribution in [3.63, 3.8) is 0 Å². The Hall–Kier alpha value is -1.81. The second kappa shape index (κ2) is 3.64. The van der Waals surface area contributed by atoms with E-state index in [0.717, 1.165) is 20.9 Å². The number of aromatic nitrogens is 2. The predicted molar refractivity (Wildman–Crippen MR) is 62.8 cm³/mol. The zero-order valence-corrected chi connectivity index (χ0v) is 9.04. The third kappa shape index (κ3) is 1.57. The van der Waals surface area contributed by atoms with Crippen LogP contribution in [0, 0.1) is 5.82 Å². The average molecular weight is 230 g/mol. The molecule has 0 N–H and O–H groups in total. The van der Waals surface area contributed by atoms with E-state index in [2.05, 4.69) is 9.97 Å². The molecule has 0 aliphatic heterocycles. The van der Waals surface area contributed by atoms with Gasteiger partial charge in [0.25, 0.3) is 0 Å². The average Bonchev–Trinajstić information content (AvgIpc) is 2.73. The van der Waals surface area contributed by atoms with Crippen molar-refractivity contribution in [2.75, 3.05) is 0 Å². The fourth-order valence-corrected chi connectivity index (χ4v) is 2.40. The molecule has 3 aromatic rings. The standard InChI is InChI=1S/C12H7FN2S/c13-9-5-3-8(4-6-9)11-15-10-2-1-7-14-12(10)16-11/h1-7H. The Morgan fingerprint density at radius 3 is 2.62 bits per heavy atom. The van der Waals surface area contributed by atoms with Crippen LogP contribution in [0.3, 0.4) is 0 Å². The van der Waals surface area contributed by atoms with Gasteiger partial charge in [0.2, 0.25) is 0 Å². The first-order chi connectivity index (χ1) is 7.83. The molecule has 0 aliphatic rings. The molecular formula is C12H7FN2S. The molecule has 0 saturated carbocycles. The maximum Gasteiger partial charge on any atom is 0.143 e. The maximum absolute atomic E-state index is 12.8. The summed E-state index contributed by atoms with van der Waals surface area (Å²) in [5.41, 5.74) is 1.80. The fraction of sp³-hybridized carbons (Fsp3) is 0. The molecule has 2 nitrogen and oxygen atoms in total. The molecule has 0 saturated heterocycles. The number of pyridine rings is 1. The van der Waals surface area contributed by atoms with Gasteiger partial charge in [-0.25, -0.2) is 14.4 Å². The highest BCUT2D eigenvalue weighted by molar-refractivity contribution is 7.21. The maximum atomic E-state index is 12.8. The van der Waals surface area contributed by atoms with Crippen molar-refractivity contribution < 1.29 is 4.39 Å². The van der Waals surface area contributed by atoms with Crippen LogP contribution < -0.4 is 0 Å². The molecule has 0 fully saturated rings. The van der Waals surface area contributed by atoms with Gasteiger partial charge in [-0.05, 0) is 36.4 Å². The van der Waals surface area contributed by atoms with Crippen molar-refractivity contribution in [2.24, 2.45) is 0 Å². The first-order valence-electron chi connectivity index (χ1n) is 4.80. The van der Waals surface area contributed by atoms with E-state index in [0.29, 0.717) is 0 Å². The smallest absolute Gasteiger partial charge is 0.143 e. The quantitative estimate of drug-likeness (QED) is 0.639. The first kappa shape index (κ1) is 9.42. The monoisotopic (exact) mass is 230 g/mol. The van der Waals surface area contributed by atoms with Crippen molar-refractivity contribution in [3.8, 4) is 10.6 Å². The summed E-state index contributed by atoms with van der Waals surface area (Å²) in [4.78, 5) is 9.58. The molecule has 2 aromatic heterocycles. The third-order valence-corrected chi connectivity index (χ3v) is 3.29. The van der Waals surface area contributed by atoms with Gasteiger partial charge in [0.05, 0.1) is 0 Å². The Labute approximate surface area is 95.4 Å². The zero-order chi connectivity index (χ0) is 11.0. The molecule has 3 rings (SSSR count). The molecule has 1 aromatic carbocycles. The zero-order valence-electron chi connectivity index (χ0n) is 8.22. The van der Waals surface area contributed by atoms with Gasteiger partial charge < -0.3 is 0 Å². The predicted octanol–water partition coefficient (Wildman–Crippen LogP) is 3.50. The number of thiazole rings is 1. The van der Waals surface area contributed by atoms with Gasteiger partial charge in [0.1, 0.15) is 21.2 Å². The van der Waals surface area contributed by atoms with E-state index >= 15 is 0 Å². The number of fused-ring (bicyclic) bond motifs is 1. The molecule has 78 valence electrons. The molecule has 2 heterocycles. The minimum Gasteiger partial charge on any atom is -0.244 e. The highest BCUT2D eigenvalue weighted by atomic mass is 32.1. The van der Waals surface area contributed by atoms with Crippen LogP contribution in [-0.2, 0) is 0 Å². The molecule has 0 spiro atoms. The van der Waals surface area contributed by atoms with Crippen molar-refractivity contribution in [1.82, 2.24) is 9.97 Å². The van der Waals surface area contributed by atoms with Gasteiger partial charge in [-0.2, -0.15) is 0 Å². The second-order valence-electron chi connectivity index (χ2n) is 3.35. The molecule has 4 heteroatoms. The highest BCUT2D eigenvalue weighted by Crippen LogP contribution is 2.28. The van der Waals surface area contributed by atoms with Crippen LogP contribution in [0.1, 0.15) is 0 Å². The van der Waals surface area contributed by atoms with E-state index in [1.165, 1.54) is 23.5 Å². The number of hydrogen-bond donors (Lipinski definition) is 0. The third-order valence-electron chi connectivity index (χ3n) is 2.26. The topological polar surface area (TPSA) is 25.8 Å². The summed E-state index contributed by atoms with van der Waals surface area (Å²) in [6.45, 7) is 0. The summed E-state index contributed by atoms with van der Waals surface area (Å²) in [5, 5.41) is 0.869. The van der Waals surface area contributed by atoms with Crippen molar-refractivity contribution in [1.29, 1.82) is 0 Å². The van der Waals surface area contributed by atoms with Crippen LogP contribution in [0.2, 0.25) is 0 Å². The normalized spacial score (nSPS) is 10.8. The Morgan fingerprint density at radius 2 is 1.88 bits per heavy atom. The van der Waals surface area contributed by atoms with Crippen LogP contribution in [0.25, 0.3) is 20.9 Å². The molecule has 0 radical (unpaired) electrons. The number of rotatable bonds is 1. The lowest BCUT2D eigenvalue weighted by molar-refractivity contribution is 0.628. The number of nitrogens with zero attached hydrogens (tertiary/aromatic N) is 2. The van der Waals surface area contributed by atoms with Crippen molar-refractivity contribution in [2.45, 2.75) is 0 Å². The minimum atomic E-state index is -0.233. The number of hydrogen-bond acceptors (Lipinski definition) is 3. The van der Waals surface area contributed by atoms with Crippen LogP contribution in [0.15, 0.2) is 42.6 Å². The summed E-state index contributed by atoms with van der Waals surface area (Å²) >= 11 is 1.51. The fourth-order valence-electron chi connectivity index (χ4n) is 1.49. The lowest BCUT2D eigenvalue weighted by atomic mass is 10.2. The van der Waals surface area contributed by atoms with Crippen LogP contribution in [0.4, 0.5) is 4.39 Å².